The summed E-state index contributed by atoms with van der Waals surface area (Å²) < 4.78 is 7.29. The molecule has 0 aromatic carbocycles. The number of aliphatic carboxylic acids is 1. The van der Waals surface area contributed by atoms with Crippen LogP contribution in [0.2, 0.25) is 0 Å². The highest BCUT2D eigenvalue weighted by Crippen LogP contribution is 2.32. The fraction of sp³-hybridized carbons (Fsp3) is 0.0625. The Kier molecular flexibility index (Phi) is 3.20. The predicted molar refractivity (Wildman–Crippen MR) is 85.3 cm³/mol. The van der Waals surface area contributed by atoms with Crippen molar-refractivity contribution in [3.63, 3.8) is 0 Å². The van der Waals surface area contributed by atoms with Crippen molar-refractivity contribution in [1.82, 2.24) is 14.4 Å². The number of hydrogen-bond acceptors (Lipinski definition) is 5. The lowest BCUT2D eigenvalue weighted by Crippen LogP contribution is -2.05. The summed E-state index contributed by atoms with van der Waals surface area (Å²) in [4.78, 5) is 20.9. The van der Waals surface area contributed by atoms with E-state index in [9.17, 15) is 9.90 Å². The molecule has 4 rings (SSSR count). The van der Waals surface area contributed by atoms with Gasteiger partial charge in [0.1, 0.15) is 11.4 Å². The zero-order valence-corrected chi connectivity index (χ0v) is 12.7. The van der Waals surface area contributed by atoms with Crippen LogP contribution in [0.15, 0.2) is 52.6 Å². The molecule has 23 heavy (non-hydrogen) atoms. The Morgan fingerprint density at radius 1 is 1.30 bits per heavy atom. The van der Waals surface area contributed by atoms with Crippen molar-refractivity contribution in [1.29, 1.82) is 0 Å². The Bertz CT molecular complexity index is 971. The van der Waals surface area contributed by atoms with E-state index in [4.69, 9.17) is 4.42 Å². The van der Waals surface area contributed by atoms with Gasteiger partial charge in [-0.05, 0) is 24.3 Å². The number of pyridine rings is 1. The number of carboxylic acid groups (broad SMARTS) is 1. The molecule has 0 saturated heterocycles. The highest BCUT2D eigenvalue weighted by atomic mass is 32.1. The van der Waals surface area contributed by atoms with Gasteiger partial charge in [0.15, 0.2) is 10.7 Å². The second-order valence-corrected chi connectivity index (χ2v) is 5.75. The lowest BCUT2D eigenvalue weighted by atomic mass is 10.2. The Morgan fingerprint density at radius 2 is 2.22 bits per heavy atom. The van der Waals surface area contributed by atoms with Crippen molar-refractivity contribution in [2.45, 2.75) is 6.42 Å². The van der Waals surface area contributed by atoms with E-state index in [1.165, 1.54) is 11.3 Å². The normalized spacial score (nSPS) is 11.1. The van der Waals surface area contributed by atoms with Crippen molar-refractivity contribution in [2.24, 2.45) is 0 Å². The maximum atomic E-state index is 11.3. The maximum absolute atomic E-state index is 11.3. The molecule has 4 aromatic rings. The lowest BCUT2D eigenvalue weighted by Gasteiger charge is -2.03. The first-order valence-corrected chi connectivity index (χ1v) is 7.78. The summed E-state index contributed by atoms with van der Waals surface area (Å²) in [6, 6.07) is 9.13. The number of carbonyl (C=O) groups is 1. The van der Waals surface area contributed by atoms with Crippen molar-refractivity contribution in [3.8, 4) is 22.8 Å². The smallest absolute Gasteiger partial charge is 0.309 e. The molecule has 0 aliphatic heterocycles. The van der Waals surface area contributed by atoms with Crippen molar-refractivity contribution >= 4 is 22.3 Å². The summed E-state index contributed by atoms with van der Waals surface area (Å²) >= 11 is 1.44. The van der Waals surface area contributed by atoms with Gasteiger partial charge >= 0.3 is 5.97 Å². The Labute approximate surface area is 134 Å². The first-order valence-electron chi connectivity index (χ1n) is 6.90. The number of imidazole rings is 1. The number of aromatic nitrogens is 3. The average molecular weight is 325 g/mol. The largest absolute Gasteiger partial charge is 0.481 e. The van der Waals surface area contributed by atoms with Crippen LogP contribution in [0.4, 0.5) is 0 Å². The highest BCUT2D eigenvalue weighted by molar-refractivity contribution is 7.15. The third-order valence-corrected chi connectivity index (χ3v) is 4.28. The van der Waals surface area contributed by atoms with E-state index in [1.807, 2.05) is 34.0 Å². The van der Waals surface area contributed by atoms with Crippen molar-refractivity contribution in [2.75, 3.05) is 0 Å². The van der Waals surface area contributed by atoms with Gasteiger partial charge < -0.3 is 9.52 Å². The van der Waals surface area contributed by atoms with E-state index in [2.05, 4.69) is 9.97 Å². The maximum Gasteiger partial charge on any atom is 0.309 e. The first-order chi connectivity index (χ1) is 11.2. The van der Waals surface area contributed by atoms with Gasteiger partial charge in [-0.2, -0.15) is 0 Å². The van der Waals surface area contributed by atoms with E-state index in [-0.39, 0.29) is 6.42 Å². The fourth-order valence-corrected chi connectivity index (χ4v) is 3.42. The van der Waals surface area contributed by atoms with Crippen LogP contribution in [0.3, 0.4) is 0 Å². The van der Waals surface area contributed by atoms with Crippen molar-refractivity contribution in [3.05, 3.63) is 53.9 Å². The molecule has 0 bridgehead atoms. The summed E-state index contributed by atoms with van der Waals surface area (Å²) in [7, 11) is 0. The minimum Gasteiger partial charge on any atom is -0.481 e. The molecule has 0 aliphatic carbocycles. The summed E-state index contributed by atoms with van der Waals surface area (Å²) in [5, 5.41) is 11.2. The van der Waals surface area contributed by atoms with Gasteiger partial charge in [-0.25, -0.2) is 4.98 Å². The second kappa shape index (κ2) is 5.36. The van der Waals surface area contributed by atoms with Crippen molar-refractivity contribution < 1.29 is 14.3 Å². The Morgan fingerprint density at radius 3 is 2.91 bits per heavy atom. The van der Waals surface area contributed by atoms with Gasteiger partial charge in [-0.1, -0.05) is 6.07 Å². The number of rotatable bonds is 4. The zero-order chi connectivity index (χ0) is 15.8. The van der Waals surface area contributed by atoms with E-state index in [0.29, 0.717) is 27.8 Å². The van der Waals surface area contributed by atoms with E-state index in [1.54, 1.807) is 18.5 Å². The van der Waals surface area contributed by atoms with Crippen LogP contribution in [0.5, 0.6) is 0 Å². The standard InChI is InChI=1S/C16H11N3O3S/c20-14(21)8-11-15(10-4-1-2-6-17-10)18-16-19(11)12(9-23-16)13-5-3-7-22-13/h1-7,9H,8H2,(H,20,21). The number of hydrogen-bond donors (Lipinski definition) is 1. The van der Waals surface area contributed by atoms with Crippen LogP contribution in [0, 0.1) is 0 Å². The molecule has 0 aliphatic rings. The molecule has 0 fully saturated rings. The van der Waals surface area contributed by atoms with Gasteiger partial charge in [-0.15, -0.1) is 11.3 Å². The zero-order valence-electron chi connectivity index (χ0n) is 11.8. The van der Waals surface area contributed by atoms with Crippen LogP contribution in [-0.2, 0) is 11.2 Å². The van der Waals surface area contributed by atoms with Gasteiger partial charge in [0.2, 0.25) is 0 Å². The Balaban J connectivity index is 1.99. The van der Waals surface area contributed by atoms with E-state index < -0.39 is 5.97 Å². The first kappa shape index (κ1) is 13.7. The molecule has 4 aromatic heterocycles. The number of thiazole rings is 1. The number of carboxylic acids is 1. The molecule has 114 valence electrons. The van der Waals surface area contributed by atoms with Gasteiger partial charge in [0, 0.05) is 11.6 Å². The minimum atomic E-state index is -0.916. The summed E-state index contributed by atoms with van der Waals surface area (Å²) in [6.07, 6.45) is 3.12. The number of fused-ring (bicyclic) bond motifs is 1. The topological polar surface area (TPSA) is 80.6 Å². The Hall–Kier alpha value is -2.93. The molecule has 0 saturated carbocycles. The fourth-order valence-electron chi connectivity index (χ4n) is 2.53. The molecule has 1 N–H and O–H groups in total. The third-order valence-electron chi connectivity index (χ3n) is 3.46. The molecular weight excluding hydrogens is 314 g/mol. The molecule has 6 nitrogen and oxygen atoms in total. The quantitative estimate of drug-likeness (QED) is 0.622. The summed E-state index contributed by atoms with van der Waals surface area (Å²) in [6.45, 7) is 0. The average Bonchev–Trinajstić information content (AvgIpc) is 3.25. The predicted octanol–water partition coefficient (Wildman–Crippen LogP) is 3.34. The van der Waals surface area contributed by atoms with Crippen LogP contribution >= 0.6 is 11.3 Å². The monoisotopic (exact) mass is 325 g/mol. The third kappa shape index (κ3) is 2.31. The van der Waals surface area contributed by atoms with E-state index >= 15 is 0 Å². The molecular formula is C16H11N3O3S. The van der Waals surface area contributed by atoms with Crippen LogP contribution in [-0.4, -0.2) is 25.4 Å². The minimum absolute atomic E-state index is 0.141. The molecule has 0 radical (unpaired) electrons. The van der Waals surface area contributed by atoms with Crippen LogP contribution in [0.1, 0.15) is 5.69 Å². The SMILES string of the molecule is O=C(O)Cc1c(-c2ccccn2)nc2scc(-c3ccco3)n12. The number of furan rings is 1. The molecule has 0 atom stereocenters. The van der Waals surface area contributed by atoms with Crippen LogP contribution < -0.4 is 0 Å². The summed E-state index contributed by atoms with van der Waals surface area (Å²) in [5.74, 6) is -0.242. The molecule has 7 heteroatoms. The van der Waals surface area contributed by atoms with Gasteiger partial charge in [-0.3, -0.25) is 14.2 Å². The van der Waals surface area contributed by atoms with Gasteiger partial charge in [0.25, 0.3) is 0 Å². The highest BCUT2D eigenvalue weighted by Gasteiger charge is 2.22. The van der Waals surface area contributed by atoms with Gasteiger partial charge in [0.05, 0.1) is 24.1 Å². The molecule has 0 unspecified atom stereocenters. The van der Waals surface area contributed by atoms with Crippen LogP contribution in [0.25, 0.3) is 27.8 Å². The second-order valence-electron chi connectivity index (χ2n) is 4.91. The lowest BCUT2D eigenvalue weighted by molar-refractivity contribution is -0.136. The summed E-state index contributed by atoms with van der Waals surface area (Å²) in [5.41, 5.74) is 2.64. The molecule has 4 heterocycles. The number of nitrogens with zero attached hydrogens (tertiary/aromatic N) is 3. The molecule has 0 amide bonds. The molecule has 0 spiro atoms. The van der Waals surface area contributed by atoms with E-state index in [0.717, 1.165) is 5.69 Å².